The maximum Gasteiger partial charge on any atom is 0.224 e. The van der Waals surface area contributed by atoms with Crippen molar-refractivity contribution in [1.82, 2.24) is 4.72 Å². The van der Waals surface area contributed by atoms with Crippen LogP contribution in [0.5, 0.6) is 11.5 Å². The Morgan fingerprint density at radius 2 is 1.75 bits per heavy atom. The number of hydrogen-bond acceptors (Lipinski definition) is 5. The van der Waals surface area contributed by atoms with Gasteiger partial charge in [-0.25, -0.2) is 13.1 Å². The van der Waals surface area contributed by atoms with E-state index in [4.69, 9.17) is 9.47 Å². The first kappa shape index (κ1) is 29.6. The van der Waals surface area contributed by atoms with Crippen LogP contribution in [0.4, 0.5) is 5.69 Å². The molecule has 0 heterocycles. The van der Waals surface area contributed by atoms with Gasteiger partial charge >= 0.3 is 0 Å². The molecule has 0 saturated carbocycles. The third kappa shape index (κ3) is 9.13. The largest absolute Gasteiger partial charge is 0.497 e. The highest BCUT2D eigenvalue weighted by Gasteiger charge is 2.23. The predicted octanol–water partition coefficient (Wildman–Crippen LogP) is 5.74. The van der Waals surface area contributed by atoms with E-state index in [1.54, 1.807) is 14.2 Å². The molecule has 0 aromatic heterocycles. The summed E-state index contributed by atoms with van der Waals surface area (Å²) in [4.78, 5) is 13.4. The molecule has 1 amide bonds. The van der Waals surface area contributed by atoms with Crippen molar-refractivity contribution >= 4 is 21.6 Å². The monoisotopic (exact) mass is 518 g/mol. The quantitative estimate of drug-likeness (QED) is 0.330. The van der Waals surface area contributed by atoms with E-state index in [0.717, 1.165) is 48.6 Å². The zero-order valence-corrected chi connectivity index (χ0v) is 23.6. The lowest BCUT2D eigenvalue weighted by Crippen LogP contribution is -2.23. The standard InChI is InChI=1S/C28H42N2O5S/c1-8-9-10-11-21(23-14-13-22(34-5)18-26(23)35-6)17-27(31)30-25-16-20(19-29-36(7,32)33)12-15-24(25)28(2,3)4/h12-16,18,21,29H,8-11,17,19H2,1-7H3,(H,30,31). The number of benzene rings is 2. The predicted molar refractivity (Wildman–Crippen MR) is 147 cm³/mol. The van der Waals surface area contributed by atoms with Crippen LogP contribution in [-0.4, -0.2) is 34.8 Å². The van der Waals surface area contributed by atoms with Crippen molar-refractivity contribution in [2.75, 3.05) is 25.8 Å². The van der Waals surface area contributed by atoms with Crippen LogP contribution in [0.3, 0.4) is 0 Å². The fourth-order valence-corrected chi connectivity index (χ4v) is 4.69. The molecule has 7 nitrogen and oxygen atoms in total. The highest BCUT2D eigenvalue weighted by Crippen LogP contribution is 2.36. The summed E-state index contributed by atoms with van der Waals surface area (Å²) in [6.45, 7) is 8.58. The molecule has 0 aliphatic carbocycles. The van der Waals surface area contributed by atoms with Crippen LogP contribution in [0, 0.1) is 0 Å². The maximum absolute atomic E-state index is 13.4. The van der Waals surface area contributed by atoms with Gasteiger partial charge in [-0.05, 0) is 46.6 Å². The van der Waals surface area contributed by atoms with Crippen LogP contribution in [0.2, 0.25) is 0 Å². The van der Waals surface area contributed by atoms with Crippen molar-refractivity contribution in [1.29, 1.82) is 0 Å². The Labute approximate surface area is 217 Å². The maximum atomic E-state index is 13.4. The van der Waals surface area contributed by atoms with Gasteiger partial charge in [-0.3, -0.25) is 4.79 Å². The third-order valence-electron chi connectivity index (χ3n) is 6.17. The number of anilines is 1. The van der Waals surface area contributed by atoms with E-state index in [9.17, 15) is 13.2 Å². The Hall–Kier alpha value is -2.58. The molecule has 0 radical (unpaired) electrons. The first-order valence-electron chi connectivity index (χ1n) is 12.5. The summed E-state index contributed by atoms with van der Waals surface area (Å²) >= 11 is 0. The second-order valence-corrected chi connectivity index (χ2v) is 12.1. The summed E-state index contributed by atoms with van der Waals surface area (Å²) in [6, 6.07) is 11.5. The summed E-state index contributed by atoms with van der Waals surface area (Å²) in [5, 5.41) is 3.12. The van der Waals surface area contributed by atoms with E-state index >= 15 is 0 Å². The summed E-state index contributed by atoms with van der Waals surface area (Å²) in [6.07, 6.45) is 5.52. The number of nitrogens with one attached hydrogen (secondary N) is 2. The Bertz CT molecular complexity index is 1120. The topological polar surface area (TPSA) is 93.7 Å². The summed E-state index contributed by atoms with van der Waals surface area (Å²) < 4.78 is 36.6. The van der Waals surface area contributed by atoms with Gasteiger partial charge in [0, 0.05) is 24.7 Å². The highest BCUT2D eigenvalue weighted by molar-refractivity contribution is 7.88. The van der Waals surface area contributed by atoms with E-state index in [-0.39, 0.29) is 23.8 Å². The molecule has 0 spiro atoms. The fourth-order valence-electron chi connectivity index (χ4n) is 4.26. The first-order chi connectivity index (χ1) is 16.9. The Morgan fingerprint density at radius 1 is 1.03 bits per heavy atom. The first-order valence-corrected chi connectivity index (χ1v) is 14.4. The van der Waals surface area contributed by atoms with Crippen molar-refractivity contribution in [3.8, 4) is 11.5 Å². The molecule has 2 N–H and O–H groups in total. The van der Waals surface area contributed by atoms with Crippen molar-refractivity contribution in [3.05, 3.63) is 53.1 Å². The molecule has 2 aromatic carbocycles. The minimum Gasteiger partial charge on any atom is -0.497 e. The van der Waals surface area contributed by atoms with Gasteiger partial charge in [0.25, 0.3) is 0 Å². The van der Waals surface area contributed by atoms with E-state index in [0.29, 0.717) is 23.6 Å². The Balaban J connectivity index is 2.33. The minimum atomic E-state index is -3.32. The van der Waals surface area contributed by atoms with Crippen LogP contribution in [0.15, 0.2) is 36.4 Å². The van der Waals surface area contributed by atoms with E-state index in [2.05, 4.69) is 37.7 Å². The zero-order chi connectivity index (χ0) is 26.9. The van der Waals surface area contributed by atoms with Crippen molar-refractivity contribution in [2.45, 2.75) is 77.7 Å². The number of ether oxygens (including phenoxy) is 2. The van der Waals surface area contributed by atoms with Crippen LogP contribution >= 0.6 is 0 Å². The van der Waals surface area contributed by atoms with Crippen molar-refractivity contribution < 1.29 is 22.7 Å². The zero-order valence-electron chi connectivity index (χ0n) is 22.7. The lowest BCUT2D eigenvalue weighted by atomic mass is 9.85. The highest BCUT2D eigenvalue weighted by atomic mass is 32.2. The van der Waals surface area contributed by atoms with Gasteiger partial charge in [0.2, 0.25) is 15.9 Å². The Morgan fingerprint density at radius 3 is 2.33 bits per heavy atom. The van der Waals surface area contributed by atoms with Gasteiger partial charge in [0.05, 0.1) is 20.5 Å². The molecule has 2 rings (SSSR count). The Kier molecular flexibility index (Phi) is 10.8. The number of amides is 1. The summed E-state index contributed by atoms with van der Waals surface area (Å²) in [5.41, 5.74) is 3.26. The summed E-state index contributed by atoms with van der Waals surface area (Å²) in [7, 11) is -0.0742. The molecule has 8 heteroatoms. The molecule has 0 fully saturated rings. The SMILES string of the molecule is CCCCCC(CC(=O)Nc1cc(CNS(C)(=O)=O)ccc1C(C)(C)C)c1ccc(OC)cc1OC. The molecular weight excluding hydrogens is 476 g/mol. The average Bonchev–Trinajstić information content (AvgIpc) is 2.80. The van der Waals surface area contributed by atoms with Crippen LogP contribution in [0.25, 0.3) is 0 Å². The molecule has 1 atom stereocenters. The second-order valence-electron chi connectivity index (χ2n) is 10.3. The number of carbonyl (C=O) groups is 1. The van der Waals surface area contributed by atoms with Gasteiger partial charge in [-0.1, -0.05) is 65.2 Å². The molecule has 1 unspecified atom stereocenters. The smallest absolute Gasteiger partial charge is 0.224 e. The van der Waals surface area contributed by atoms with Gasteiger partial charge in [-0.15, -0.1) is 0 Å². The lowest BCUT2D eigenvalue weighted by molar-refractivity contribution is -0.116. The lowest BCUT2D eigenvalue weighted by Gasteiger charge is -2.25. The number of unbranched alkanes of at least 4 members (excludes halogenated alkanes) is 2. The van der Waals surface area contributed by atoms with E-state index in [1.807, 2.05) is 36.4 Å². The normalized spacial score (nSPS) is 12.8. The fraction of sp³-hybridized carbons (Fsp3) is 0.536. The average molecular weight is 519 g/mol. The molecule has 0 aliphatic heterocycles. The van der Waals surface area contributed by atoms with Crippen molar-refractivity contribution in [2.24, 2.45) is 0 Å². The van der Waals surface area contributed by atoms with Gasteiger partial charge in [-0.2, -0.15) is 0 Å². The molecule has 200 valence electrons. The molecule has 0 bridgehead atoms. The minimum absolute atomic E-state index is 0.00873. The molecule has 36 heavy (non-hydrogen) atoms. The molecule has 2 aromatic rings. The number of rotatable bonds is 13. The van der Waals surface area contributed by atoms with E-state index < -0.39 is 10.0 Å². The summed E-state index contributed by atoms with van der Waals surface area (Å²) in [5.74, 6) is 1.33. The van der Waals surface area contributed by atoms with Crippen LogP contribution in [0.1, 0.15) is 82.4 Å². The van der Waals surface area contributed by atoms with Gasteiger partial charge < -0.3 is 14.8 Å². The van der Waals surface area contributed by atoms with Crippen LogP contribution in [-0.2, 0) is 26.8 Å². The molecular formula is C28H42N2O5S. The van der Waals surface area contributed by atoms with Crippen molar-refractivity contribution in [3.63, 3.8) is 0 Å². The van der Waals surface area contributed by atoms with E-state index in [1.165, 1.54) is 0 Å². The number of methoxy groups -OCH3 is 2. The third-order valence-corrected chi connectivity index (χ3v) is 6.84. The molecule has 0 aliphatic rings. The van der Waals surface area contributed by atoms with Gasteiger partial charge in [0.15, 0.2) is 0 Å². The number of sulfonamides is 1. The van der Waals surface area contributed by atoms with Gasteiger partial charge in [0.1, 0.15) is 11.5 Å². The second kappa shape index (κ2) is 13.1. The molecule has 0 saturated heterocycles. The van der Waals surface area contributed by atoms with Crippen LogP contribution < -0.4 is 19.5 Å². The number of carbonyl (C=O) groups excluding carboxylic acids is 1. The number of hydrogen-bond donors (Lipinski definition) is 2.